The molecule has 0 aromatic heterocycles. The zero-order valence-electron chi connectivity index (χ0n) is 20.2. The van der Waals surface area contributed by atoms with E-state index in [0.29, 0.717) is 13.0 Å². The lowest BCUT2D eigenvalue weighted by atomic mass is 10.1. The largest absolute Gasteiger partial charge is 0.466 e. The smallest absolute Gasteiger partial charge is 0.305 e. The predicted octanol–water partition coefficient (Wildman–Crippen LogP) is 6.04. The fourth-order valence-electron chi connectivity index (χ4n) is 2.44. The summed E-state index contributed by atoms with van der Waals surface area (Å²) in [6, 6.07) is 0. The van der Waals surface area contributed by atoms with Gasteiger partial charge in [0.1, 0.15) is 0 Å². The van der Waals surface area contributed by atoms with E-state index in [4.69, 9.17) is 19.7 Å². The van der Waals surface area contributed by atoms with Crippen LogP contribution in [0.25, 0.3) is 0 Å². The van der Waals surface area contributed by atoms with E-state index in [1.165, 1.54) is 77.6 Å². The van der Waals surface area contributed by atoms with Gasteiger partial charge in [0.05, 0.1) is 19.3 Å². The Hall–Kier alpha value is -0.650. The molecule has 178 valence electrons. The Labute approximate surface area is 181 Å². The van der Waals surface area contributed by atoms with Gasteiger partial charge in [-0.05, 0) is 27.2 Å². The highest BCUT2D eigenvalue weighted by Gasteiger charge is 1.97. The standard InChI is InChI=1S/C17H34O2.C4H10O.C3H8O2/c1-3-5-6-7-8-9-10-11-12-13-14-15-16-19-17(18)4-2;1-3-5-4-2;1-3(5)2-4/h3-16H2,1-2H3;3-4H2,1-2H3;3-5H,2H2,1H3. The molecule has 0 rings (SSSR count). The summed E-state index contributed by atoms with van der Waals surface area (Å²) < 4.78 is 9.88. The van der Waals surface area contributed by atoms with E-state index in [-0.39, 0.29) is 12.6 Å². The van der Waals surface area contributed by atoms with E-state index < -0.39 is 6.10 Å². The first-order valence-electron chi connectivity index (χ1n) is 12.0. The Morgan fingerprint density at radius 2 is 1.14 bits per heavy atom. The maximum atomic E-state index is 10.9. The Bertz CT molecular complexity index is 280. The molecule has 0 aromatic rings. The Morgan fingerprint density at radius 3 is 1.41 bits per heavy atom. The van der Waals surface area contributed by atoms with Gasteiger partial charge in [-0.1, -0.05) is 84.5 Å². The molecule has 0 aromatic carbocycles. The maximum Gasteiger partial charge on any atom is 0.305 e. The van der Waals surface area contributed by atoms with E-state index in [0.717, 1.165) is 19.6 Å². The predicted molar refractivity (Wildman–Crippen MR) is 123 cm³/mol. The molecule has 0 aliphatic heterocycles. The summed E-state index contributed by atoms with van der Waals surface area (Å²) in [5, 5.41) is 16.0. The lowest BCUT2D eigenvalue weighted by Gasteiger charge is -2.04. The molecule has 0 bridgehead atoms. The van der Waals surface area contributed by atoms with Gasteiger partial charge in [0.25, 0.3) is 0 Å². The molecule has 0 saturated carbocycles. The SMILES string of the molecule is CC(O)CO.CCCCCCCCCCCCCCOC(=O)CC.CCOCC. The van der Waals surface area contributed by atoms with E-state index in [1.807, 2.05) is 20.8 Å². The average molecular weight is 421 g/mol. The highest BCUT2D eigenvalue weighted by atomic mass is 16.5. The number of aliphatic hydroxyl groups is 2. The summed E-state index contributed by atoms with van der Waals surface area (Å²) in [6.07, 6.45) is 16.0. The van der Waals surface area contributed by atoms with Crippen LogP contribution in [0.4, 0.5) is 0 Å². The van der Waals surface area contributed by atoms with Crippen LogP contribution in [0.2, 0.25) is 0 Å². The van der Waals surface area contributed by atoms with Crippen molar-refractivity contribution in [2.75, 3.05) is 26.4 Å². The topological polar surface area (TPSA) is 76.0 Å². The van der Waals surface area contributed by atoms with Gasteiger partial charge < -0.3 is 19.7 Å². The molecule has 0 heterocycles. The number of esters is 1. The zero-order chi connectivity index (χ0) is 22.6. The first kappa shape index (κ1) is 33.0. The third kappa shape index (κ3) is 42.4. The van der Waals surface area contributed by atoms with E-state index in [2.05, 4.69) is 6.92 Å². The fourth-order valence-corrected chi connectivity index (χ4v) is 2.44. The molecular formula is C24H52O5. The van der Waals surface area contributed by atoms with Gasteiger partial charge in [0.15, 0.2) is 0 Å². The second kappa shape index (κ2) is 32.0. The number of carbonyl (C=O) groups excluding carboxylic acids is 1. The van der Waals surface area contributed by atoms with Gasteiger partial charge in [0.2, 0.25) is 0 Å². The molecule has 2 N–H and O–H groups in total. The van der Waals surface area contributed by atoms with Crippen molar-refractivity contribution in [2.45, 2.75) is 124 Å². The van der Waals surface area contributed by atoms with E-state index in [1.54, 1.807) is 0 Å². The van der Waals surface area contributed by atoms with Crippen LogP contribution in [-0.2, 0) is 14.3 Å². The highest BCUT2D eigenvalue weighted by molar-refractivity contribution is 5.68. The maximum absolute atomic E-state index is 10.9. The monoisotopic (exact) mass is 420 g/mol. The van der Waals surface area contributed by atoms with Crippen molar-refractivity contribution < 1.29 is 24.5 Å². The van der Waals surface area contributed by atoms with Crippen molar-refractivity contribution in [1.82, 2.24) is 0 Å². The number of carbonyl (C=O) groups is 1. The molecule has 0 amide bonds. The number of rotatable bonds is 17. The van der Waals surface area contributed by atoms with E-state index >= 15 is 0 Å². The minimum atomic E-state index is -0.560. The second-order valence-electron chi connectivity index (χ2n) is 7.28. The minimum Gasteiger partial charge on any atom is -0.466 e. The zero-order valence-corrected chi connectivity index (χ0v) is 20.2. The quantitative estimate of drug-likeness (QED) is 0.221. The number of hydrogen-bond acceptors (Lipinski definition) is 5. The Balaban J connectivity index is -0.000000555. The molecule has 0 aliphatic carbocycles. The number of unbranched alkanes of at least 4 members (excludes halogenated alkanes) is 11. The first-order valence-corrected chi connectivity index (χ1v) is 12.0. The van der Waals surface area contributed by atoms with Crippen molar-refractivity contribution in [1.29, 1.82) is 0 Å². The molecule has 5 nitrogen and oxygen atoms in total. The molecule has 0 aliphatic rings. The molecule has 29 heavy (non-hydrogen) atoms. The lowest BCUT2D eigenvalue weighted by Crippen LogP contribution is -2.03. The summed E-state index contributed by atoms with van der Waals surface area (Å²) in [5.41, 5.74) is 0. The van der Waals surface area contributed by atoms with Gasteiger partial charge in [0, 0.05) is 19.6 Å². The van der Waals surface area contributed by atoms with Crippen molar-refractivity contribution in [3.8, 4) is 0 Å². The normalized spacial score (nSPS) is 11.0. The van der Waals surface area contributed by atoms with Crippen molar-refractivity contribution in [2.24, 2.45) is 0 Å². The first-order chi connectivity index (χ1) is 14.0. The summed E-state index contributed by atoms with van der Waals surface area (Å²) in [6.45, 7) is 11.8. The van der Waals surface area contributed by atoms with Crippen LogP contribution in [0.5, 0.6) is 0 Å². The van der Waals surface area contributed by atoms with Crippen LogP contribution in [0.3, 0.4) is 0 Å². The molecule has 0 radical (unpaired) electrons. The number of hydrogen-bond donors (Lipinski definition) is 2. The molecule has 5 heteroatoms. The average Bonchev–Trinajstić information content (AvgIpc) is 2.72. The lowest BCUT2D eigenvalue weighted by molar-refractivity contribution is -0.143. The number of aliphatic hydroxyl groups excluding tert-OH is 2. The summed E-state index contributed by atoms with van der Waals surface area (Å²) in [5.74, 6) is -0.0666. The Kier molecular flexibility index (Phi) is 36.4. The number of ether oxygens (including phenoxy) is 2. The minimum absolute atomic E-state index is 0.0666. The van der Waals surface area contributed by atoms with Gasteiger partial charge in [-0.2, -0.15) is 0 Å². The van der Waals surface area contributed by atoms with Crippen LogP contribution in [0.1, 0.15) is 118 Å². The van der Waals surface area contributed by atoms with Gasteiger partial charge in [-0.15, -0.1) is 0 Å². The molecule has 1 unspecified atom stereocenters. The summed E-state index contributed by atoms with van der Waals surface area (Å²) in [7, 11) is 0. The fraction of sp³-hybridized carbons (Fsp3) is 0.958. The van der Waals surface area contributed by atoms with Crippen molar-refractivity contribution in [3.63, 3.8) is 0 Å². The van der Waals surface area contributed by atoms with Crippen molar-refractivity contribution in [3.05, 3.63) is 0 Å². The van der Waals surface area contributed by atoms with Gasteiger partial charge >= 0.3 is 5.97 Å². The van der Waals surface area contributed by atoms with Gasteiger partial charge in [-0.25, -0.2) is 0 Å². The third-order valence-electron chi connectivity index (χ3n) is 4.22. The van der Waals surface area contributed by atoms with Gasteiger partial charge in [-0.3, -0.25) is 4.79 Å². The second-order valence-corrected chi connectivity index (χ2v) is 7.28. The Morgan fingerprint density at radius 1 is 0.759 bits per heavy atom. The van der Waals surface area contributed by atoms with Crippen LogP contribution < -0.4 is 0 Å². The summed E-state index contributed by atoms with van der Waals surface area (Å²) in [4.78, 5) is 10.9. The van der Waals surface area contributed by atoms with E-state index in [9.17, 15) is 4.79 Å². The molecule has 0 spiro atoms. The van der Waals surface area contributed by atoms with Crippen LogP contribution in [0.15, 0.2) is 0 Å². The van der Waals surface area contributed by atoms with Crippen LogP contribution in [0, 0.1) is 0 Å². The molecule has 1 atom stereocenters. The van der Waals surface area contributed by atoms with Crippen molar-refractivity contribution >= 4 is 5.97 Å². The molecular weight excluding hydrogens is 368 g/mol. The highest BCUT2D eigenvalue weighted by Crippen LogP contribution is 2.11. The molecule has 0 saturated heterocycles. The summed E-state index contributed by atoms with van der Waals surface area (Å²) >= 11 is 0. The third-order valence-corrected chi connectivity index (χ3v) is 4.22. The molecule has 0 fully saturated rings. The van der Waals surface area contributed by atoms with Crippen LogP contribution in [-0.4, -0.2) is 48.7 Å². The van der Waals surface area contributed by atoms with Crippen LogP contribution >= 0.6 is 0 Å².